The van der Waals surface area contributed by atoms with Crippen LogP contribution in [-0.2, 0) is 13.0 Å². The van der Waals surface area contributed by atoms with Crippen molar-refractivity contribution >= 4 is 17.5 Å². The molecule has 0 aliphatic carbocycles. The standard InChI is InChI=1S/C21H20N4O/c1-24(18-9-3-2-4-10-18)21-22-13-11-19(23-21)20(26)25-14-12-16-7-5-6-8-17(16)15-25/h2-11,13H,12,14-15H2,1H3. The number of rotatable bonds is 3. The molecule has 0 spiro atoms. The largest absolute Gasteiger partial charge is 0.333 e. The molecule has 26 heavy (non-hydrogen) atoms. The summed E-state index contributed by atoms with van der Waals surface area (Å²) in [6, 6.07) is 19.8. The van der Waals surface area contributed by atoms with Gasteiger partial charge >= 0.3 is 0 Å². The number of amides is 1. The average Bonchev–Trinajstić information content (AvgIpc) is 2.73. The number of para-hydroxylation sites is 1. The number of aromatic nitrogens is 2. The Kier molecular flexibility index (Phi) is 4.35. The van der Waals surface area contributed by atoms with Crippen molar-refractivity contribution in [2.45, 2.75) is 13.0 Å². The molecule has 2 aromatic carbocycles. The molecule has 0 unspecified atom stereocenters. The van der Waals surface area contributed by atoms with E-state index in [-0.39, 0.29) is 5.91 Å². The Hall–Kier alpha value is -3.21. The van der Waals surface area contributed by atoms with E-state index in [1.54, 1.807) is 12.3 Å². The highest BCUT2D eigenvalue weighted by molar-refractivity contribution is 5.92. The summed E-state index contributed by atoms with van der Waals surface area (Å²) in [5.74, 6) is 0.462. The van der Waals surface area contributed by atoms with Gasteiger partial charge < -0.3 is 9.80 Å². The minimum absolute atomic E-state index is 0.0513. The van der Waals surface area contributed by atoms with Crippen molar-refractivity contribution < 1.29 is 4.79 Å². The van der Waals surface area contributed by atoms with Gasteiger partial charge in [-0.25, -0.2) is 9.97 Å². The molecule has 1 amide bonds. The summed E-state index contributed by atoms with van der Waals surface area (Å²) in [6.07, 6.45) is 2.52. The van der Waals surface area contributed by atoms with Crippen LogP contribution < -0.4 is 4.90 Å². The quantitative estimate of drug-likeness (QED) is 0.730. The number of anilines is 2. The predicted octanol–water partition coefficient (Wildman–Crippen LogP) is 3.44. The molecule has 130 valence electrons. The van der Waals surface area contributed by atoms with Crippen molar-refractivity contribution in [3.05, 3.63) is 83.7 Å². The van der Waals surface area contributed by atoms with Crippen LogP contribution in [0.4, 0.5) is 11.6 Å². The molecule has 5 nitrogen and oxygen atoms in total. The minimum Gasteiger partial charge on any atom is -0.333 e. The van der Waals surface area contributed by atoms with Crippen LogP contribution in [0.1, 0.15) is 21.6 Å². The SMILES string of the molecule is CN(c1ccccc1)c1nccc(C(=O)N2CCc3ccccc3C2)n1. The smallest absolute Gasteiger partial charge is 0.272 e. The van der Waals surface area contributed by atoms with Crippen LogP contribution in [0.3, 0.4) is 0 Å². The number of fused-ring (bicyclic) bond motifs is 1. The lowest BCUT2D eigenvalue weighted by Gasteiger charge is -2.28. The number of carbonyl (C=O) groups excluding carboxylic acids is 1. The predicted molar refractivity (Wildman–Crippen MR) is 101 cm³/mol. The van der Waals surface area contributed by atoms with E-state index in [1.807, 2.05) is 59.3 Å². The zero-order valence-corrected chi connectivity index (χ0v) is 14.7. The molecule has 4 rings (SSSR count). The maximum Gasteiger partial charge on any atom is 0.272 e. The average molecular weight is 344 g/mol. The number of hydrogen-bond acceptors (Lipinski definition) is 4. The molecule has 3 aromatic rings. The second-order valence-corrected chi connectivity index (χ2v) is 6.38. The van der Waals surface area contributed by atoms with Crippen molar-refractivity contribution in [2.75, 3.05) is 18.5 Å². The lowest BCUT2D eigenvalue weighted by molar-refractivity contribution is 0.0728. The molecule has 1 aliphatic heterocycles. The second-order valence-electron chi connectivity index (χ2n) is 6.38. The van der Waals surface area contributed by atoms with Gasteiger partial charge in [0.1, 0.15) is 5.69 Å². The van der Waals surface area contributed by atoms with E-state index in [1.165, 1.54) is 11.1 Å². The Morgan fingerprint density at radius 1 is 1.00 bits per heavy atom. The summed E-state index contributed by atoms with van der Waals surface area (Å²) in [4.78, 5) is 25.5. The van der Waals surface area contributed by atoms with Crippen LogP contribution >= 0.6 is 0 Å². The molecule has 5 heteroatoms. The summed E-state index contributed by atoms with van der Waals surface area (Å²) >= 11 is 0. The van der Waals surface area contributed by atoms with E-state index < -0.39 is 0 Å². The number of nitrogens with zero attached hydrogens (tertiary/aromatic N) is 4. The van der Waals surface area contributed by atoms with Gasteiger partial charge in [0.05, 0.1) is 0 Å². The van der Waals surface area contributed by atoms with Crippen LogP contribution in [0.5, 0.6) is 0 Å². The van der Waals surface area contributed by atoms with Crippen LogP contribution in [0, 0.1) is 0 Å². The molecule has 0 saturated heterocycles. The molecular weight excluding hydrogens is 324 g/mol. The third kappa shape index (κ3) is 3.16. The number of hydrogen-bond donors (Lipinski definition) is 0. The van der Waals surface area contributed by atoms with Gasteiger partial charge in [-0.1, -0.05) is 42.5 Å². The van der Waals surface area contributed by atoms with Crippen molar-refractivity contribution in [1.82, 2.24) is 14.9 Å². The van der Waals surface area contributed by atoms with Crippen molar-refractivity contribution in [2.24, 2.45) is 0 Å². The third-order valence-electron chi connectivity index (χ3n) is 4.72. The van der Waals surface area contributed by atoms with Crippen LogP contribution in [-0.4, -0.2) is 34.4 Å². The summed E-state index contributed by atoms with van der Waals surface area (Å²) in [5.41, 5.74) is 3.94. The summed E-state index contributed by atoms with van der Waals surface area (Å²) in [7, 11) is 1.90. The van der Waals surface area contributed by atoms with Crippen molar-refractivity contribution in [1.29, 1.82) is 0 Å². The molecule has 0 bridgehead atoms. The maximum absolute atomic E-state index is 12.9. The first-order valence-corrected chi connectivity index (χ1v) is 8.70. The van der Waals surface area contributed by atoms with Gasteiger partial charge in [-0.15, -0.1) is 0 Å². The fourth-order valence-corrected chi connectivity index (χ4v) is 3.23. The zero-order valence-electron chi connectivity index (χ0n) is 14.7. The van der Waals surface area contributed by atoms with Crippen molar-refractivity contribution in [3.63, 3.8) is 0 Å². The number of carbonyl (C=O) groups is 1. The summed E-state index contributed by atoms with van der Waals surface area (Å²) in [6.45, 7) is 1.34. The zero-order chi connectivity index (χ0) is 17.9. The van der Waals surface area contributed by atoms with Gasteiger partial charge in [-0.3, -0.25) is 4.79 Å². The molecule has 0 radical (unpaired) electrons. The van der Waals surface area contributed by atoms with Gasteiger partial charge in [0.2, 0.25) is 5.95 Å². The highest BCUT2D eigenvalue weighted by Gasteiger charge is 2.23. The number of benzene rings is 2. The van der Waals surface area contributed by atoms with E-state index in [9.17, 15) is 4.79 Å². The highest BCUT2D eigenvalue weighted by Crippen LogP contribution is 2.22. The van der Waals surface area contributed by atoms with Gasteiger partial charge in [-0.05, 0) is 35.7 Å². The fraction of sp³-hybridized carbons (Fsp3) is 0.190. The first-order valence-electron chi connectivity index (χ1n) is 8.70. The molecule has 2 heterocycles. The molecule has 0 fully saturated rings. The van der Waals surface area contributed by atoms with Crippen LogP contribution in [0.2, 0.25) is 0 Å². The molecule has 1 aliphatic rings. The Morgan fingerprint density at radius 2 is 1.73 bits per heavy atom. The Labute approximate surface area is 152 Å². The third-order valence-corrected chi connectivity index (χ3v) is 4.72. The minimum atomic E-state index is -0.0513. The molecule has 0 saturated carbocycles. The lowest BCUT2D eigenvalue weighted by Crippen LogP contribution is -2.36. The topological polar surface area (TPSA) is 49.3 Å². The molecular formula is C21H20N4O. The van der Waals surface area contributed by atoms with Crippen molar-refractivity contribution in [3.8, 4) is 0 Å². The van der Waals surface area contributed by atoms with Gasteiger partial charge in [-0.2, -0.15) is 0 Å². The van der Waals surface area contributed by atoms with E-state index in [0.717, 1.165) is 12.1 Å². The summed E-state index contributed by atoms with van der Waals surface area (Å²) < 4.78 is 0. The van der Waals surface area contributed by atoms with Gasteiger partial charge in [0, 0.05) is 32.0 Å². The monoisotopic (exact) mass is 344 g/mol. The maximum atomic E-state index is 12.9. The van der Waals surface area contributed by atoms with E-state index in [2.05, 4.69) is 22.1 Å². The van der Waals surface area contributed by atoms with E-state index >= 15 is 0 Å². The van der Waals surface area contributed by atoms with Crippen LogP contribution in [0.15, 0.2) is 66.9 Å². The van der Waals surface area contributed by atoms with Crippen LogP contribution in [0.25, 0.3) is 0 Å². The van der Waals surface area contributed by atoms with E-state index in [0.29, 0.717) is 24.7 Å². The Balaban J connectivity index is 1.56. The Bertz CT molecular complexity index is 926. The molecule has 0 atom stereocenters. The van der Waals surface area contributed by atoms with E-state index in [4.69, 9.17) is 0 Å². The lowest BCUT2D eigenvalue weighted by atomic mass is 10.00. The van der Waals surface area contributed by atoms with Gasteiger partial charge in [0.15, 0.2) is 0 Å². The van der Waals surface area contributed by atoms with Gasteiger partial charge in [0.25, 0.3) is 5.91 Å². The summed E-state index contributed by atoms with van der Waals surface area (Å²) in [5, 5.41) is 0. The molecule has 1 aromatic heterocycles. The normalized spacial score (nSPS) is 13.2. The highest BCUT2D eigenvalue weighted by atomic mass is 16.2. The Morgan fingerprint density at radius 3 is 2.54 bits per heavy atom. The molecule has 0 N–H and O–H groups in total. The first kappa shape index (κ1) is 16.3. The second kappa shape index (κ2) is 6.96. The first-order chi connectivity index (χ1) is 12.7. The fourth-order valence-electron chi connectivity index (χ4n) is 3.23.